The third kappa shape index (κ3) is 4.25. The van der Waals surface area contributed by atoms with Crippen molar-refractivity contribution in [1.82, 2.24) is 4.90 Å². The Morgan fingerprint density at radius 3 is 2.92 bits per heavy atom. The Hall–Kier alpha value is -2.09. The van der Waals surface area contributed by atoms with Gasteiger partial charge in [0.15, 0.2) is 0 Å². The first-order chi connectivity index (χ1) is 11.8. The second-order valence-corrected chi connectivity index (χ2v) is 6.44. The zero-order valence-corrected chi connectivity index (χ0v) is 14.2. The fraction of sp³-hybridized carbons (Fsp3) is 0.450. The molecule has 1 aliphatic heterocycles. The van der Waals surface area contributed by atoms with Crippen LogP contribution in [0.3, 0.4) is 0 Å². The molecule has 1 aromatic carbocycles. The van der Waals surface area contributed by atoms with E-state index in [1.54, 1.807) is 0 Å². The Morgan fingerprint density at radius 1 is 1.25 bits per heavy atom. The van der Waals surface area contributed by atoms with Crippen molar-refractivity contribution in [1.29, 1.82) is 5.26 Å². The second kappa shape index (κ2) is 8.14. The van der Waals surface area contributed by atoms with Crippen molar-refractivity contribution in [2.24, 2.45) is 0 Å². The number of ether oxygens (including phenoxy) is 1. The molecule has 0 N–H and O–H groups in total. The molecular weight excluding hydrogens is 300 g/mol. The van der Waals surface area contributed by atoms with Gasteiger partial charge in [0.05, 0.1) is 24.3 Å². The van der Waals surface area contributed by atoms with Gasteiger partial charge >= 0.3 is 0 Å². The molecular formula is C20H24N2O2. The zero-order chi connectivity index (χ0) is 16.8. The van der Waals surface area contributed by atoms with Crippen LogP contribution in [0.15, 0.2) is 40.8 Å². The molecule has 0 bridgehead atoms. The molecule has 0 amide bonds. The number of furan rings is 1. The highest BCUT2D eigenvalue weighted by Gasteiger charge is 2.15. The number of rotatable bonds is 7. The maximum absolute atomic E-state index is 9.21. The normalized spacial score (nSPS) is 17.3. The van der Waals surface area contributed by atoms with Gasteiger partial charge in [-0.2, -0.15) is 5.26 Å². The fourth-order valence-corrected chi connectivity index (χ4v) is 3.21. The molecule has 24 heavy (non-hydrogen) atoms. The zero-order valence-electron chi connectivity index (χ0n) is 14.2. The Bertz CT molecular complexity index is 696. The van der Waals surface area contributed by atoms with Crippen molar-refractivity contribution < 1.29 is 9.15 Å². The van der Waals surface area contributed by atoms with Gasteiger partial charge in [0, 0.05) is 12.2 Å². The molecule has 2 heterocycles. The molecule has 1 fully saturated rings. The summed E-state index contributed by atoms with van der Waals surface area (Å²) < 4.78 is 11.6. The van der Waals surface area contributed by atoms with Crippen LogP contribution in [-0.4, -0.2) is 31.2 Å². The third-order valence-corrected chi connectivity index (χ3v) is 4.49. The summed E-state index contributed by atoms with van der Waals surface area (Å²) in [4.78, 5) is 2.27. The molecule has 4 heteroatoms. The summed E-state index contributed by atoms with van der Waals surface area (Å²) in [5.74, 6) is 1.69. The fourth-order valence-electron chi connectivity index (χ4n) is 3.21. The van der Waals surface area contributed by atoms with Crippen LogP contribution in [0.2, 0.25) is 0 Å². The molecule has 0 aliphatic carbocycles. The minimum atomic E-state index is 0.469. The molecule has 0 saturated carbocycles. The van der Waals surface area contributed by atoms with Crippen LogP contribution >= 0.6 is 0 Å². The monoisotopic (exact) mass is 324 g/mol. The van der Waals surface area contributed by atoms with E-state index < -0.39 is 0 Å². The van der Waals surface area contributed by atoms with Crippen molar-refractivity contribution in [2.45, 2.75) is 38.3 Å². The smallest absolute Gasteiger partial charge is 0.135 e. The molecule has 0 radical (unpaired) electrons. The quantitative estimate of drug-likeness (QED) is 0.765. The summed E-state index contributed by atoms with van der Waals surface area (Å²) in [5, 5.41) is 9.21. The minimum absolute atomic E-state index is 0.469. The molecule has 1 saturated heterocycles. The first-order valence-electron chi connectivity index (χ1n) is 8.64. The Kier molecular flexibility index (Phi) is 5.68. The number of benzene rings is 1. The van der Waals surface area contributed by atoms with E-state index >= 15 is 0 Å². The lowest BCUT2D eigenvalue weighted by atomic mass is 10.1. The largest absolute Gasteiger partial charge is 0.460 e. The van der Waals surface area contributed by atoms with Crippen LogP contribution < -0.4 is 0 Å². The van der Waals surface area contributed by atoms with Crippen LogP contribution in [0, 0.1) is 11.3 Å². The summed E-state index contributed by atoms with van der Waals surface area (Å²) in [6.45, 7) is 2.74. The van der Waals surface area contributed by atoms with E-state index in [0.29, 0.717) is 11.7 Å². The SMILES string of the molecule is CN(CCCC1CCCO1)Cc1ccc(-c2ccccc2C#N)o1. The van der Waals surface area contributed by atoms with E-state index in [-0.39, 0.29) is 0 Å². The number of hydrogen-bond donors (Lipinski definition) is 0. The van der Waals surface area contributed by atoms with E-state index in [1.807, 2.05) is 36.4 Å². The molecule has 1 aliphatic rings. The van der Waals surface area contributed by atoms with Crippen LogP contribution in [0.1, 0.15) is 37.0 Å². The van der Waals surface area contributed by atoms with Crippen LogP contribution in [0.4, 0.5) is 0 Å². The van der Waals surface area contributed by atoms with Gasteiger partial charge in [-0.1, -0.05) is 12.1 Å². The summed E-state index contributed by atoms with van der Waals surface area (Å²) in [7, 11) is 2.11. The standard InChI is InChI=1S/C20H24N2O2/c1-22(12-4-7-17-8-5-13-23-17)15-18-10-11-20(24-18)19-9-3-2-6-16(19)14-21/h2-3,6,9-11,17H,4-5,7-8,12-13,15H2,1H3. The van der Waals surface area contributed by atoms with Crippen LogP contribution in [-0.2, 0) is 11.3 Å². The molecule has 3 rings (SSSR count). The molecule has 4 nitrogen and oxygen atoms in total. The number of hydrogen-bond acceptors (Lipinski definition) is 4. The maximum Gasteiger partial charge on any atom is 0.135 e. The topological polar surface area (TPSA) is 49.4 Å². The van der Waals surface area contributed by atoms with Crippen molar-refractivity contribution in [3.05, 3.63) is 47.7 Å². The van der Waals surface area contributed by atoms with Gasteiger partial charge in [0.2, 0.25) is 0 Å². The first kappa shape index (κ1) is 16.8. The predicted molar refractivity (Wildman–Crippen MR) is 93.4 cm³/mol. The highest BCUT2D eigenvalue weighted by Crippen LogP contribution is 2.26. The maximum atomic E-state index is 9.21. The van der Waals surface area contributed by atoms with E-state index in [0.717, 1.165) is 49.6 Å². The number of nitrogens with zero attached hydrogens (tertiary/aromatic N) is 2. The summed E-state index contributed by atoms with van der Waals surface area (Å²) in [6.07, 6.45) is 5.18. The van der Waals surface area contributed by atoms with Crippen LogP contribution in [0.5, 0.6) is 0 Å². The minimum Gasteiger partial charge on any atom is -0.460 e. The van der Waals surface area contributed by atoms with Crippen molar-refractivity contribution in [3.8, 4) is 17.4 Å². The van der Waals surface area contributed by atoms with E-state index in [4.69, 9.17) is 9.15 Å². The van der Waals surface area contributed by atoms with Crippen molar-refractivity contribution >= 4 is 0 Å². The molecule has 0 spiro atoms. The Labute approximate surface area is 143 Å². The van der Waals surface area contributed by atoms with Crippen molar-refractivity contribution in [2.75, 3.05) is 20.2 Å². The lowest BCUT2D eigenvalue weighted by Crippen LogP contribution is -2.20. The Balaban J connectivity index is 1.52. The van der Waals surface area contributed by atoms with Gasteiger partial charge in [-0.3, -0.25) is 4.90 Å². The van der Waals surface area contributed by atoms with Gasteiger partial charge in [-0.05, 0) is 63.5 Å². The summed E-state index contributed by atoms with van der Waals surface area (Å²) in [5.41, 5.74) is 1.50. The predicted octanol–water partition coefficient (Wildman–Crippen LogP) is 4.21. The molecule has 1 atom stereocenters. The van der Waals surface area contributed by atoms with Crippen molar-refractivity contribution in [3.63, 3.8) is 0 Å². The van der Waals surface area contributed by atoms with Gasteiger partial charge < -0.3 is 9.15 Å². The van der Waals surface area contributed by atoms with Crippen LogP contribution in [0.25, 0.3) is 11.3 Å². The van der Waals surface area contributed by atoms with Gasteiger partial charge in [0.1, 0.15) is 11.5 Å². The first-order valence-corrected chi connectivity index (χ1v) is 8.64. The molecule has 1 unspecified atom stereocenters. The third-order valence-electron chi connectivity index (χ3n) is 4.49. The van der Waals surface area contributed by atoms with Gasteiger partial charge in [-0.15, -0.1) is 0 Å². The second-order valence-electron chi connectivity index (χ2n) is 6.44. The van der Waals surface area contributed by atoms with E-state index in [2.05, 4.69) is 18.0 Å². The molecule has 126 valence electrons. The summed E-state index contributed by atoms with van der Waals surface area (Å²) >= 11 is 0. The van der Waals surface area contributed by atoms with E-state index in [9.17, 15) is 5.26 Å². The lowest BCUT2D eigenvalue weighted by molar-refractivity contribution is 0.0993. The lowest BCUT2D eigenvalue weighted by Gasteiger charge is -2.16. The highest BCUT2D eigenvalue weighted by molar-refractivity contribution is 5.66. The average molecular weight is 324 g/mol. The molecule has 2 aromatic rings. The van der Waals surface area contributed by atoms with E-state index in [1.165, 1.54) is 12.8 Å². The summed E-state index contributed by atoms with van der Waals surface area (Å²) in [6, 6.07) is 13.7. The highest BCUT2D eigenvalue weighted by atomic mass is 16.5. The number of nitriles is 1. The van der Waals surface area contributed by atoms with Gasteiger partial charge in [-0.25, -0.2) is 0 Å². The average Bonchev–Trinajstić information content (AvgIpc) is 3.27. The molecule has 1 aromatic heterocycles. The van der Waals surface area contributed by atoms with Gasteiger partial charge in [0.25, 0.3) is 0 Å². The Morgan fingerprint density at radius 2 is 2.12 bits per heavy atom.